The van der Waals surface area contributed by atoms with Gasteiger partial charge in [-0.2, -0.15) is 0 Å². The number of nitrogens with two attached hydrogens (primary N) is 1. The Labute approximate surface area is 124 Å². The topological polar surface area (TPSA) is 43.8 Å². The predicted octanol–water partition coefficient (Wildman–Crippen LogP) is 3.63. The van der Waals surface area contributed by atoms with Crippen LogP contribution in [0.5, 0.6) is 0 Å². The number of imidazole rings is 1. The molecular formula is C17H31N3. The van der Waals surface area contributed by atoms with Crippen molar-refractivity contribution in [1.29, 1.82) is 0 Å². The first kappa shape index (κ1) is 15.6. The number of nitrogens with zero attached hydrogens (tertiary/aromatic N) is 2. The van der Waals surface area contributed by atoms with Crippen LogP contribution in [-0.4, -0.2) is 15.6 Å². The van der Waals surface area contributed by atoms with Crippen LogP contribution in [0, 0.1) is 17.3 Å². The molecule has 1 aromatic rings. The number of rotatable bonds is 5. The Morgan fingerprint density at radius 3 is 2.80 bits per heavy atom. The lowest BCUT2D eigenvalue weighted by Gasteiger charge is -2.42. The van der Waals surface area contributed by atoms with E-state index >= 15 is 0 Å². The van der Waals surface area contributed by atoms with Crippen molar-refractivity contribution in [3.8, 4) is 0 Å². The van der Waals surface area contributed by atoms with Gasteiger partial charge >= 0.3 is 0 Å². The molecule has 1 aliphatic carbocycles. The van der Waals surface area contributed by atoms with Gasteiger partial charge in [0.05, 0.1) is 0 Å². The van der Waals surface area contributed by atoms with E-state index in [1.165, 1.54) is 25.1 Å². The first-order valence-electron chi connectivity index (χ1n) is 8.19. The lowest BCUT2D eigenvalue weighted by Crippen LogP contribution is -2.44. The number of hydrogen-bond donors (Lipinski definition) is 1. The van der Waals surface area contributed by atoms with Crippen LogP contribution >= 0.6 is 0 Å². The fourth-order valence-corrected chi connectivity index (χ4v) is 3.89. The lowest BCUT2D eigenvalue weighted by molar-refractivity contribution is 0.110. The largest absolute Gasteiger partial charge is 0.335 e. The zero-order valence-corrected chi connectivity index (χ0v) is 13.6. The molecule has 2 N–H and O–H groups in total. The quantitative estimate of drug-likeness (QED) is 0.893. The maximum absolute atomic E-state index is 6.45. The molecule has 0 spiro atoms. The highest BCUT2D eigenvalue weighted by molar-refractivity contribution is 5.00. The summed E-state index contributed by atoms with van der Waals surface area (Å²) in [7, 11) is 0. The van der Waals surface area contributed by atoms with Gasteiger partial charge in [-0.1, -0.05) is 34.1 Å². The van der Waals surface area contributed by atoms with E-state index < -0.39 is 0 Å². The van der Waals surface area contributed by atoms with Gasteiger partial charge in [-0.15, -0.1) is 0 Å². The van der Waals surface area contributed by atoms with Gasteiger partial charge in [0.2, 0.25) is 0 Å². The van der Waals surface area contributed by atoms with Crippen molar-refractivity contribution in [2.75, 3.05) is 0 Å². The molecule has 3 unspecified atom stereocenters. The SMILES string of the molecule is CCCn1ccnc1CC(C)(C)C1CCC(C)CC1N. The molecule has 0 saturated heterocycles. The minimum absolute atomic E-state index is 0.233. The molecule has 1 aromatic heterocycles. The van der Waals surface area contributed by atoms with Crippen LogP contribution in [0.15, 0.2) is 12.4 Å². The smallest absolute Gasteiger partial charge is 0.109 e. The Bertz CT molecular complexity index is 422. The van der Waals surface area contributed by atoms with E-state index in [1.807, 2.05) is 6.20 Å². The van der Waals surface area contributed by atoms with Crippen LogP contribution in [0.25, 0.3) is 0 Å². The molecule has 0 bridgehead atoms. The average Bonchev–Trinajstić information content (AvgIpc) is 2.76. The Hall–Kier alpha value is -0.830. The van der Waals surface area contributed by atoms with E-state index in [4.69, 9.17) is 5.73 Å². The third kappa shape index (κ3) is 3.43. The zero-order chi connectivity index (χ0) is 14.8. The van der Waals surface area contributed by atoms with Gasteiger partial charge in [-0.05, 0) is 36.5 Å². The third-order valence-electron chi connectivity index (χ3n) is 5.05. The van der Waals surface area contributed by atoms with Crippen molar-refractivity contribution < 1.29 is 0 Å². The second kappa shape index (κ2) is 6.30. The lowest BCUT2D eigenvalue weighted by atomic mass is 9.65. The van der Waals surface area contributed by atoms with Crippen molar-refractivity contribution in [3.05, 3.63) is 18.2 Å². The molecule has 2 rings (SSSR count). The molecule has 1 saturated carbocycles. The molecule has 3 atom stereocenters. The Morgan fingerprint density at radius 1 is 1.40 bits per heavy atom. The second-order valence-corrected chi connectivity index (χ2v) is 7.39. The summed E-state index contributed by atoms with van der Waals surface area (Å²) in [4.78, 5) is 4.58. The highest BCUT2D eigenvalue weighted by Gasteiger charge is 2.38. The van der Waals surface area contributed by atoms with Gasteiger partial charge in [0, 0.05) is 31.4 Å². The van der Waals surface area contributed by atoms with Gasteiger partial charge in [0.1, 0.15) is 5.82 Å². The molecule has 3 nitrogen and oxygen atoms in total. The molecule has 3 heteroatoms. The average molecular weight is 277 g/mol. The van der Waals surface area contributed by atoms with Crippen LogP contribution in [-0.2, 0) is 13.0 Å². The monoisotopic (exact) mass is 277 g/mol. The van der Waals surface area contributed by atoms with Crippen molar-refractivity contribution >= 4 is 0 Å². The molecule has 1 fully saturated rings. The Kier molecular flexibility index (Phi) is 4.90. The zero-order valence-electron chi connectivity index (χ0n) is 13.6. The molecule has 1 heterocycles. The number of aromatic nitrogens is 2. The molecule has 0 radical (unpaired) electrons. The van der Waals surface area contributed by atoms with E-state index in [0.29, 0.717) is 12.0 Å². The summed E-state index contributed by atoms with van der Waals surface area (Å²) in [5, 5.41) is 0. The number of aryl methyl sites for hydroxylation is 1. The molecule has 20 heavy (non-hydrogen) atoms. The van der Waals surface area contributed by atoms with Crippen LogP contribution < -0.4 is 5.73 Å². The van der Waals surface area contributed by atoms with E-state index in [0.717, 1.165) is 25.3 Å². The molecule has 1 aliphatic rings. The van der Waals surface area contributed by atoms with Gasteiger partial charge < -0.3 is 10.3 Å². The van der Waals surface area contributed by atoms with Crippen LogP contribution in [0.4, 0.5) is 0 Å². The van der Waals surface area contributed by atoms with E-state index in [1.54, 1.807) is 0 Å². The van der Waals surface area contributed by atoms with Gasteiger partial charge in [0.25, 0.3) is 0 Å². The van der Waals surface area contributed by atoms with E-state index in [9.17, 15) is 0 Å². The normalized spacial score (nSPS) is 27.8. The highest BCUT2D eigenvalue weighted by Crippen LogP contribution is 2.41. The van der Waals surface area contributed by atoms with Crippen LogP contribution in [0.3, 0.4) is 0 Å². The van der Waals surface area contributed by atoms with Crippen molar-refractivity contribution in [2.24, 2.45) is 23.0 Å². The summed E-state index contributed by atoms with van der Waals surface area (Å²) in [6.07, 6.45) is 10.0. The third-order valence-corrected chi connectivity index (χ3v) is 5.05. The summed E-state index contributed by atoms with van der Waals surface area (Å²) in [6, 6.07) is 0.350. The minimum atomic E-state index is 0.233. The fourth-order valence-electron chi connectivity index (χ4n) is 3.89. The maximum Gasteiger partial charge on any atom is 0.109 e. The van der Waals surface area contributed by atoms with Gasteiger partial charge in [-0.3, -0.25) is 0 Å². The van der Waals surface area contributed by atoms with Crippen LogP contribution in [0.2, 0.25) is 0 Å². The summed E-state index contributed by atoms with van der Waals surface area (Å²) in [5.41, 5.74) is 6.69. The molecule has 0 aromatic carbocycles. The highest BCUT2D eigenvalue weighted by atomic mass is 15.1. The first-order valence-corrected chi connectivity index (χ1v) is 8.19. The van der Waals surface area contributed by atoms with E-state index in [2.05, 4.69) is 43.4 Å². The summed E-state index contributed by atoms with van der Waals surface area (Å²) in [5.74, 6) is 2.63. The van der Waals surface area contributed by atoms with Gasteiger partial charge in [-0.25, -0.2) is 4.98 Å². The first-order chi connectivity index (χ1) is 9.44. The molecule has 0 aliphatic heterocycles. The van der Waals surface area contributed by atoms with Crippen molar-refractivity contribution in [1.82, 2.24) is 9.55 Å². The Morgan fingerprint density at radius 2 is 2.15 bits per heavy atom. The van der Waals surface area contributed by atoms with E-state index in [-0.39, 0.29) is 5.41 Å². The summed E-state index contributed by atoms with van der Waals surface area (Å²) < 4.78 is 2.30. The van der Waals surface area contributed by atoms with Crippen LogP contribution in [0.1, 0.15) is 59.2 Å². The molecular weight excluding hydrogens is 246 g/mol. The van der Waals surface area contributed by atoms with Crippen molar-refractivity contribution in [3.63, 3.8) is 0 Å². The predicted molar refractivity (Wildman–Crippen MR) is 84.5 cm³/mol. The summed E-state index contributed by atoms with van der Waals surface area (Å²) in [6.45, 7) is 10.4. The minimum Gasteiger partial charge on any atom is -0.335 e. The van der Waals surface area contributed by atoms with Crippen molar-refractivity contribution in [2.45, 2.75) is 72.4 Å². The molecule has 0 amide bonds. The second-order valence-electron chi connectivity index (χ2n) is 7.39. The fraction of sp³-hybridized carbons (Fsp3) is 0.824. The Balaban J connectivity index is 2.08. The van der Waals surface area contributed by atoms with Gasteiger partial charge in [0.15, 0.2) is 0 Å². The summed E-state index contributed by atoms with van der Waals surface area (Å²) >= 11 is 0. The molecule has 114 valence electrons. The maximum atomic E-state index is 6.45. The number of hydrogen-bond acceptors (Lipinski definition) is 2. The standard InChI is InChI=1S/C17H31N3/c1-5-9-20-10-8-19-16(20)12-17(3,4)14-7-6-13(2)11-15(14)18/h8,10,13-15H,5-7,9,11-12,18H2,1-4H3.